The molecule has 0 heterocycles. The van der Waals surface area contributed by atoms with Crippen LogP contribution in [0.1, 0.15) is 17.0 Å². The maximum Gasteiger partial charge on any atom is 0.573 e. The van der Waals surface area contributed by atoms with Crippen LogP contribution >= 0.6 is 0 Å². The van der Waals surface area contributed by atoms with Gasteiger partial charge in [0.25, 0.3) is 10.0 Å². The van der Waals surface area contributed by atoms with E-state index in [1.807, 2.05) is 0 Å². The molecule has 3 N–H and O–H groups in total. The third-order valence-electron chi connectivity index (χ3n) is 4.94. The van der Waals surface area contributed by atoms with Crippen molar-refractivity contribution in [1.82, 2.24) is 0 Å². The molecule has 0 aliphatic rings. The van der Waals surface area contributed by atoms with Crippen molar-refractivity contribution in [3.63, 3.8) is 0 Å². The van der Waals surface area contributed by atoms with Gasteiger partial charge in [0.2, 0.25) is 5.91 Å². The number of ether oxygens (including phenoxy) is 2. The SMILES string of the molecule is COCc1cc(NC(=O)[C@@H](CO)c2ccccc2)ccc1S(=O)(=O)Nc1cccc(OC(F)(F)F)c1. The first-order valence-corrected chi connectivity index (χ1v) is 12.0. The summed E-state index contributed by atoms with van der Waals surface area (Å²) in [7, 11) is -2.90. The zero-order valence-corrected chi connectivity index (χ0v) is 19.8. The van der Waals surface area contributed by atoms with Crippen LogP contribution < -0.4 is 14.8 Å². The van der Waals surface area contributed by atoms with E-state index in [0.717, 1.165) is 12.1 Å². The highest BCUT2D eigenvalue weighted by atomic mass is 32.2. The first-order chi connectivity index (χ1) is 17.0. The molecule has 8 nitrogen and oxygen atoms in total. The summed E-state index contributed by atoms with van der Waals surface area (Å²) >= 11 is 0. The summed E-state index contributed by atoms with van der Waals surface area (Å²) in [6, 6.07) is 17.1. The molecule has 0 saturated heterocycles. The molecular formula is C24H23F3N2O6S. The molecule has 0 fully saturated rings. The van der Waals surface area contributed by atoms with Crippen LogP contribution in [0.4, 0.5) is 24.5 Å². The number of anilines is 2. The van der Waals surface area contributed by atoms with Crippen molar-refractivity contribution < 1.29 is 41.0 Å². The van der Waals surface area contributed by atoms with Gasteiger partial charge in [-0.25, -0.2) is 8.42 Å². The number of halogens is 3. The summed E-state index contributed by atoms with van der Waals surface area (Å²) in [5, 5.41) is 12.4. The number of hydrogen-bond donors (Lipinski definition) is 3. The van der Waals surface area contributed by atoms with Gasteiger partial charge in [-0.15, -0.1) is 13.2 Å². The van der Waals surface area contributed by atoms with Crippen molar-refractivity contribution in [1.29, 1.82) is 0 Å². The van der Waals surface area contributed by atoms with Crippen molar-refractivity contribution in [3.8, 4) is 5.75 Å². The predicted molar refractivity (Wildman–Crippen MR) is 126 cm³/mol. The second-order valence-corrected chi connectivity index (χ2v) is 9.22. The van der Waals surface area contributed by atoms with Crippen LogP contribution in [0.3, 0.4) is 0 Å². The molecule has 36 heavy (non-hydrogen) atoms. The normalized spacial score (nSPS) is 12.6. The van der Waals surface area contributed by atoms with E-state index < -0.39 is 40.6 Å². The number of rotatable bonds is 10. The molecule has 3 aromatic rings. The number of methoxy groups -OCH3 is 1. The molecule has 3 rings (SSSR count). The molecule has 12 heteroatoms. The van der Waals surface area contributed by atoms with E-state index in [-0.39, 0.29) is 28.4 Å². The van der Waals surface area contributed by atoms with Crippen molar-refractivity contribution >= 4 is 27.3 Å². The van der Waals surface area contributed by atoms with Gasteiger partial charge in [-0.2, -0.15) is 0 Å². The average Bonchev–Trinajstić information content (AvgIpc) is 2.79. The van der Waals surface area contributed by atoms with Crippen LogP contribution in [0, 0.1) is 0 Å². The lowest BCUT2D eigenvalue weighted by atomic mass is 9.99. The number of carbonyl (C=O) groups is 1. The van der Waals surface area contributed by atoms with Crippen LogP contribution in [-0.4, -0.2) is 39.5 Å². The Morgan fingerprint density at radius 1 is 1.00 bits per heavy atom. The Bertz CT molecular complexity index is 1300. The Balaban J connectivity index is 1.84. The van der Waals surface area contributed by atoms with Crippen molar-refractivity contribution in [3.05, 3.63) is 83.9 Å². The molecule has 0 aliphatic carbocycles. The molecule has 0 radical (unpaired) electrons. The van der Waals surface area contributed by atoms with Crippen LogP contribution in [0.5, 0.6) is 5.75 Å². The first kappa shape index (κ1) is 27.0. The third-order valence-corrected chi connectivity index (χ3v) is 6.42. The second kappa shape index (κ2) is 11.4. The Labute approximate surface area is 205 Å². The van der Waals surface area contributed by atoms with E-state index in [0.29, 0.717) is 5.56 Å². The Morgan fingerprint density at radius 2 is 1.72 bits per heavy atom. The minimum atomic E-state index is -4.93. The van der Waals surface area contributed by atoms with Gasteiger partial charge in [-0.1, -0.05) is 36.4 Å². The molecule has 0 spiro atoms. The number of sulfonamides is 1. The topological polar surface area (TPSA) is 114 Å². The van der Waals surface area contributed by atoms with Gasteiger partial charge in [0.05, 0.1) is 29.7 Å². The van der Waals surface area contributed by atoms with Crippen LogP contribution in [0.2, 0.25) is 0 Å². The fraction of sp³-hybridized carbons (Fsp3) is 0.208. The number of aliphatic hydroxyl groups is 1. The maximum atomic E-state index is 13.0. The monoisotopic (exact) mass is 524 g/mol. The maximum absolute atomic E-state index is 13.0. The Kier molecular flexibility index (Phi) is 8.56. The van der Waals surface area contributed by atoms with E-state index in [1.54, 1.807) is 30.3 Å². The van der Waals surface area contributed by atoms with E-state index in [1.165, 1.54) is 37.4 Å². The highest BCUT2D eigenvalue weighted by Gasteiger charge is 2.31. The molecule has 3 aromatic carbocycles. The summed E-state index contributed by atoms with van der Waals surface area (Å²) in [6.07, 6.45) is -4.93. The number of carbonyl (C=O) groups excluding carboxylic acids is 1. The standard InChI is InChI=1S/C24H23F3N2O6S/c1-34-15-17-12-18(28-23(31)21(14-30)16-6-3-2-4-7-16)10-11-22(17)36(32,33)29-19-8-5-9-20(13-19)35-24(25,26)27/h2-13,21,29-30H,14-15H2,1H3,(H,28,31)/t21-/m0/s1. The fourth-order valence-corrected chi connectivity index (χ4v) is 4.67. The Morgan fingerprint density at radius 3 is 2.36 bits per heavy atom. The lowest BCUT2D eigenvalue weighted by Gasteiger charge is -2.17. The number of aliphatic hydroxyl groups excluding tert-OH is 1. The fourth-order valence-electron chi connectivity index (χ4n) is 3.41. The lowest BCUT2D eigenvalue weighted by Crippen LogP contribution is -2.24. The highest BCUT2D eigenvalue weighted by Crippen LogP contribution is 2.28. The summed E-state index contributed by atoms with van der Waals surface area (Å²) in [5.41, 5.74) is 0.910. The van der Waals surface area contributed by atoms with E-state index in [9.17, 15) is 31.5 Å². The molecule has 0 bridgehead atoms. The lowest BCUT2D eigenvalue weighted by molar-refractivity contribution is -0.274. The van der Waals surface area contributed by atoms with Crippen LogP contribution in [0.15, 0.2) is 77.7 Å². The second-order valence-electron chi connectivity index (χ2n) is 7.57. The summed E-state index contributed by atoms with van der Waals surface area (Å²) in [5.74, 6) is -1.93. The smallest absolute Gasteiger partial charge is 0.406 e. The average molecular weight is 525 g/mol. The summed E-state index contributed by atoms with van der Waals surface area (Å²) in [6.45, 7) is -0.576. The van der Waals surface area contributed by atoms with Crippen molar-refractivity contribution in [2.24, 2.45) is 0 Å². The van der Waals surface area contributed by atoms with Gasteiger partial charge in [0.15, 0.2) is 0 Å². The molecule has 0 aromatic heterocycles. The van der Waals surface area contributed by atoms with Gasteiger partial charge in [-0.05, 0) is 35.9 Å². The molecule has 0 unspecified atom stereocenters. The van der Waals surface area contributed by atoms with E-state index >= 15 is 0 Å². The minimum Gasteiger partial charge on any atom is -0.406 e. The number of benzene rings is 3. The largest absolute Gasteiger partial charge is 0.573 e. The molecule has 0 aliphatic heterocycles. The molecule has 192 valence electrons. The third kappa shape index (κ3) is 7.20. The number of amides is 1. The molecule has 1 atom stereocenters. The van der Waals surface area contributed by atoms with E-state index in [2.05, 4.69) is 14.8 Å². The summed E-state index contributed by atoms with van der Waals surface area (Å²) in [4.78, 5) is 12.5. The Hall–Kier alpha value is -3.61. The first-order valence-electron chi connectivity index (χ1n) is 10.5. The highest BCUT2D eigenvalue weighted by molar-refractivity contribution is 7.92. The predicted octanol–water partition coefficient (Wildman–Crippen LogP) is 4.25. The van der Waals surface area contributed by atoms with Gasteiger partial charge < -0.3 is 19.9 Å². The minimum absolute atomic E-state index is 0.140. The number of hydrogen-bond acceptors (Lipinski definition) is 6. The summed E-state index contributed by atoms with van der Waals surface area (Å²) < 4.78 is 74.6. The quantitative estimate of drug-likeness (QED) is 0.366. The number of nitrogens with one attached hydrogen (secondary N) is 2. The molecule has 0 saturated carbocycles. The molecular weight excluding hydrogens is 501 g/mol. The zero-order chi connectivity index (χ0) is 26.3. The van der Waals surface area contributed by atoms with E-state index in [4.69, 9.17) is 4.74 Å². The van der Waals surface area contributed by atoms with Crippen LogP contribution in [-0.2, 0) is 26.2 Å². The van der Waals surface area contributed by atoms with Crippen molar-refractivity contribution in [2.45, 2.75) is 23.8 Å². The van der Waals surface area contributed by atoms with Gasteiger partial charge >= 0.3 is 6.36 Å². The van der Waals surface area contributed by atoms with Crippen LogP contribution in [0.25, 0.3) is 0 Å². The number of alkyl halides is 3. The zero-order valence-electron chi connectivity index (χ0n) is 19.0. The van der Waals surface area contributed by atoms with Gasteiger partial charge in [0, 0.05) is 24.4 Å². The molecule has 1 amide bonds. The van der Waals surface area contributed by atoms with Crippen molar-refractivity contribution in [2.75, 3.05) is 23.8 Å². The van der Waals surface area contributed by atoms with Gasteiger partial charge in [0.1, 0.15) is 5.75 Å². The van der Waals surface area contributed by atoms with Gasteiger partial charge in [-0.3, -0.25) is 9.52 Å².